The summed E-state index contributed by atoms with van der Waals surface area (Å²) in [7, 11) is 0. The van der Waals surface area contributed by atoms with E-state index >= 15 is 0 Å². The molecular formula is C16H11ClN4O3S3. The van der Waals surface area contributed by atoms with Crippen molar-refractivity contribution >= 4 is 64.2 Å². The number of hydrogen-bond donors (Lipinski definition) is 1. The van der Waals surface area contributed by atoms with Crippen LogP contribution >= 0.6 is 46.9 Å². The zero-order chi connectivity index (χ0) is 19.4. The van der Waals surface area contributed by atoms with Gasteiger partial charge in [0, 0.05) is 12.1 Å². The van der Waals surface area contributed by atoms with Crippen molar-refractivity contribution < 1.29 is 9.72 Å². The summed E-state index contributed by atoms with van der Waals surface area (Å²) in [6, 6.07) is 13.4. The quantitative estimate of drug-likeness (QED) is 0.253. The lowest BCUT2D eigenvalue weighted by atomic mass is 10.3. The van der Waals surface area contributed by atoms with E-state index in [4.69, 9.17) is 23.8 Å². The summed E-state index contributed by atoms with van der Waals surface area (Å²) in [5.41, 5.74) is 1.03. The third kappa shape index (κ3) is 4.92. The van der Waals surface area contributed by atoms with E-state index < -0.39 is 4.92 Å². The fraction of sp³-hybridized carbons (Fsp3) is 0.0625. The Morgan fingerprint density at radius 1 is 1.33 bits per heavy atom. The molecule has 2 aromatic carbocycles. The van der Waals surface area contributed by atoms with Crippen molar-refractivity contribution in [2.75, 3.05) is 11.1 Å². The molecule has 0 spiro atoms. The average molecular weight is 439 g/mol. The third-order valence-corrected chi connectivity index (χ3v) is 5.97. The van der Waals surface area contributed by atoms with Gasteiger partial charge in [-0.25, -0.2) is 4.68 Å². The SMILES string of the molecule is O=C(CSc1nn(-c2ccccc2)c(=S)s1)Nc1ccc([N+](=O)[O-])cc1Cl. The van der Waals surface area contributed by atoms with Gasteiger partial charge in [-0.1, -0.05) is 52.9 Å². The largest absolute Gasteiger partial charge is 0.324 e. The third-order valence-electron chi connectivity index (χ3n) is 3.29. The Kier molecular flexibility index (Phi) is 6.22. The highest BCUT2D eigenvalue weighted by Gasteiger charge is 2.13. The van der Waals surface area contributed by atoms with Gasteiger partial charge in [0.1, 0.15) is 0 Å². The number of carbonyl (C=O) groups is 1. The van der Waals surface area contributed by atoms with Crippen LogP contribution in [0.1, 0.15) is 0 Å². The fourth-order valence-corrected chi connectivity index (χ4v) is 4.47. The fourth-order valence-electron chi connectivity index (χ4n) is 2.08. The molecular weight excluding hydrogens is 428 g/mol. The number of nitro groups is 1. The zero-order valence-corrected chi connectivity index (χ0v) is 16.7. The number of nitrogens with one attached hydrogen (secondary N) is 1. The van der Waals surface area contributed by atoms with E-state index in [1.807, 2.05) is 30.3 Å². The molecule has 0 aliphatic heterocycles. The zero-order valence-electron chi connectivity index (χ0n) is 13.5. The van der Waals surface area contributed by atoms with Crippen LogP contribution in [0.15, 0.2) is 52.9 Å². The molecule has 7 nitrogen and oxygen atoms in total. The summed E-state index contributed by atoms with van der Waals surface area (Å²) in [6.07, 6.45) is 0. The lowest BCUT2D eigenvalue weighted by Gasteiger charge is -2.06. The molecule has 0 unspecified atom stereocenters. The van der Waals surface area contributed by atoms with Crippen molar-refractivity contribution in [1.29, 1.82) is 0 Å². The van der Waals surface area contributed by atoms with E-state index in [0.717, 1.165) is 5.69 Å². The van der Waals surface area contributed by atoms with E-state index in [1.54, 1.807) is 4.68 Å². The highest BCUT2D eigenvalue weighted by molar-refractivity contribution is 8.01. The minimum atomic E-state index is -0.551. The summed E-state index contributed by atoms with van der Waals surface area (Å²) in [5, 5.41) is 17.9. The molecule has 0 aliphatic rings. The van der Waals surface area contributed by atoms with E-state index in [-0.39, 0.29) is 22.4 Å². The molecule has 1 aromatic heterocycles. The molecule has 0 atom stereocenters. The van der Waals surface area contributed by atoms with Gasteiger partial charge in [0.05, 0.1) is 27.1 Å². The molecule has 0 saturated carbocycles. The highest BCUT2D eigenvalue weighted by Crippen LogP contribution is 2.28. The molecule has 1 amide bonds. The summed E-state index contributed by atoms with van der Waals surface area (Å²) >= 11 is 13.9. The first-order valence-electron chi connectivity index (χ1n) is 7.46. The van der Waals surface area contributed by atoms with Crippen LogP contribution < -0.4 is 5.32 Å². The number of halogens is 1. The molecule has 1 N–H and O–H groups in total. The number of thioether (sulfide) groups is 1. The summed E-state index contributed by atoms with van der Waals surface area (Å²) in [4.78, 5) is 22.3. The summed E-state index contributed by atoms with van der Waals surface area (Å²) < 4.78 is 2.89. The number of anilines is 1. The van der Waals surface area contributed by atoms with Crippen LogP contribution in [0.2, 0.25) is 5.02 Å². The number of hydrogen-bond acceptors (Lipinski definition) is 7. The van der Waals surface area contributed by atoms with Gasteiger partial charge in [0.2, 0.25) is 5.91 Å². The van der Waals surface area contributed by atoms with Gasteiger partial charge in [0.25, 0.3) is 5.69 Å². The van der Waals surface area contributed by atoms with Gasteiger partial charge in [-0.15, -0.1) is 5.10 Å². The summed E-state index contributed by atoms with van der Waals surface area (Å²) in [6.45, 7) is 0. The molecule has 0 saturated heterocycles. The van der Waals surface area contributed by atoms with E-state index in [1.165, 1.54) is 41.3 Å². The lowest BCUT2D eigenvalue weighted by Crippen LogP contribution is -2.14. The van der Waals surface area contributed by atoms with Crippen molar-refractivity contribution in [3.05, 3.63) is 67.6 Å². The second-order valence-electron chi connectivity index (χ2n) is 5.14. The van der Waals surface area contributed by atoms with Crippen molar-refractivity contribution in [2.24, 2.45) is 0 Å². The second kappa shape index (κ2) is 8.61. The Hall–Kier alpha value is -2.27. The number of amides is 1. The van der Waals surface area contributed by atoms with Crippen LogP contribution in [-0.2, 0) is 4.79 Å². The van der Waals surface area contributed by atoms with Crippen LogP contribution in [0.5, 0.6) is 0 Å². The molecule has 0 radical (unpaired) electrons. The van der Waals surface area contributed by atoms with Crippen LogP contribution in [0.3, 0.4) is 0 Å². The Labute approximate surface area is 172 Å². The first-order chi connectivity index (χ1) is 12.9. The molecule has 27 heavy (non-hydrogen) atoms. The average Bonchev–Trinajstić information content (AvgIpc) is 3.03. The topological polar surface area (TPSA) is 90.1 Å². The van der Waals surface area contributed by atoms with Gasteiger partial charge >= 0.3 is 0 Å². The number of carbonyl (C=O) groups excluding carboxylic acids is 1. The number of aromatic nitrogens is 2. The molecule has 0 bridgehead atoms. The number of rotatable bonds is 6. The van der Waals surface area contributed by atoms with Crippen LogP contribution in [0, 0.1) is 14.1 Å². The van der Waals surface area contributed by atoms with Crippen LogP contribution in [-0.4, -0.2) is 26.4 Å². The second-order valence-corrected chi connectivity index (χ2v) is 8.39. The van der Waals surface area contributed by atoms with E-state index in [9.17, 15) is 14.9 Å². The maximum atomic E-state index is 12.1. The molecule has 0 fully saturated rings. The maximum absolute atomic E-state index is 12.1. The number of nitro benzene ring substituents is 1. The molecule has 1 heterocycles. The number of para-hydroxylation sites is 1. The molecule has 11 heteroatoms. The van der Waals surface area contributed by atoms with Crippen LogP contribution in [0.25, 0.3) is 5.69 Å². The lowest BCUT2D eigenvalue weighted by molar-refractivity contribution is -0.384. The molecule has 3 aromatic rings. The minimum Gasteiger partial charge on any atom is -0.324 e. The Bertz CT molecular complexity index is 1050. The van der Waals surface area contributed by atoms with E-state index in [2.05, 4.69) is 10.4 Å². The van der Waals surface area contributed by atoms with Crippen molar-refractivity contribution in [1.82, 2.24) is 9.78 Å². The highest BCUT2D eigenvalue weighted by atomic mass is 35.5. The Morgan fingerprint density at radius 2 is 2.07 bits per heavy atom. The first-order valence-corrected chi connectivity index (χ1v) is 10.0. The summed E-state index contributed by atoms with van der Waals surface area (Å²) in [5.74, 6) is -0.201. The smallest absolute Gasteiger partial charge is 0.271 e. The minimum absolute atomic E-state index is 0.102. The van der Waals surface area contributed by atoms with Gasteiger partial charge in [-0.05, 0) is 30.4 Å². The van der Waals surface area contributed by atoms with E-state index in [0.29, 0.717) is 14.0 Å². The van der Waals surface area contributed by atoms with Crippen molar-refractivity contribution in [3.8, 4) is 5.69 Å². The number of non-ortho nitro benzene ring substituents is 1. The Balaban J connectivity index is 1.63. The standard InChI is InChI=1S/C16H11ClN4O3S3/c17-12-8-11(21(23)24)6-7-13(12)18-14(22)9-26-15-19-20(16(25)27-15)10-4-2-1-3-5-10/h1-8H,9H2,(H,18,22). The van der Waals surface area contributed by atoms with Crippen LogP contribution in [0.4, 0.5) is 11.4 Å². The van der Waals surface area contributed by atoms with Gasteiger partial charge in [0.15, 0.2) is 8.29 Å². The normalized spacial score (nSPS) is 10.6. The predicted molar refractivity (Wildman–Crippen MR) is 110 cm³/mol. The maximum Gasteiger partial charge on any atom is 0.271 e. The molecule has 3 rings (SSSR count). The number of nitrogens with zero attached hydrogens (tertiary/aromatic N) is 3. The van der Waals surface area contributed by atoms with Crippen molar-refractivity contribution in [3.63, 3.8) is 0 Å². The molecule has 138 valence electrons. The first kappa shape index (κ1) is 19.5. The van der Waals surface area contributed by atoms with Crippen molar-refractivity contribution in [2.45, 2.75) is 4.34 Å². The predicted octanol–water partition coefficient (Wildman–Crippen LogP) is 4.96. The Morgan fingerprint density at radius 3 is 2.74 bits per heavy atom. The molecule has 0 aliphatic carbocycles. The number of benzene rings is 2. The van der Waals surface area contributed by atoms with Gasteiger partial charge < -0.3 is 5.32 Å². The monoisotopic (exact) mass is 438 g/mol. The van der Waals surface area contributed by atoms with Gasteiger partial charge in [-0.3, -0.25) is 14.9 Å². The van der Waals surface area contributed by atoms with Gasteiger partial charge in [-0.2, -0.15) is 0 Å².